The Kier molecular flexibility index (Phi) is 12.6. The van der Waals surface area contributed by atoms with E-state index in [1.54, 1.807) is 7.11 Å². The first-order valence-corrected chi connectivity index (χ1v) is 15.5. The molecule has 0 aromatic heterocycles. The van der Waals surface area contributed by atoms with E-state index in [0.717, 1.165) is 71.9 Å². The molecule has 8 nitrogen and oxygen atoms in total. The molecule has 0 aliphatic carbocycles. The van der Waals surface area contributed by atoms with Gasteiger partial charge < -0.3 is 36.5 Å². The summed E-state index contributed by atoms with van der Waals surface area (Å²) in [6, 6.07) is 20.2. The average molecular weight is 624 g/mol. The number of ether oxygens (including phenoxy) is 2. The van der Waals surface area contributed by atoms with Gasteiger partial charge in [0.25, 0.3) is 0 Å². The lowest BCUT2D eigenvalue weighted by molar-refractivity contribution is 0.244. The largest absolute Gasteiger partial charge is 0.497 e. The number of rotatable bonds is 12. The Morgan fingerprint density at radius 1 is 0.977 bits per heavy atom. The van der Waals surface area contributed by atoms with Crippen LogP contribution in [-0.2, 0) is 5.41 Å². The third-order valence-electron chi connectivity index (χ3n) is 8.51. The van der Waals surface area contributed by atoms with Crippen LogP contribution in [-0.4, -0.2) is 45.9 Å². The SMILES string of the molecule is COc1cccc(C2(CNC(=O)Nc3c(C(C)C)cc(N)cc3C(C)C)CCN(c3ccccc3OCCCN)CC2)c1.Cl. The molecule has 0 unspecified atom stereocenters. The fourth-order valence-corrected chi connectivity index (χ4v) is 5.98. The molecule has 3 aromatic carbocycles. The number of hydrogen-bond donors (Lipinski definition) is 4. The number of urea groups is 1. The fourth-order valence-electron chi connectivity index (χ4n) is 5.98. The summed E-state index contributed by atoms with van der Waals surface area (Å²) >= 11 is 0. The Bertz CT molecular complexity index is 1340. The van der Waals surface area contributed by atoms with E-state index < -0.39 is 0 Å². The van der Waals surface area contributed by atoms with Crippen molar-refractivity contribution >= 4 is 35.5 Å². The van der Waals surface area contributed by atoms with Crippen LogP contribution in [0.25, 0.3) is 0 Å². The Balaban J connectivity index is 0.00000529. The number of nitrogens with zero attached hydrogens (tertiary/aromatic N) is 1. The van der Waals surface area contributed by atoms with Crippen LogP contribution < -0.4 is 36.5 Å². The number of benzene rings is 3. The highest BCUT2D eigenvalue weighted by molar-refractivity contribution is 5.92. The maximum absolute atomic E-state index is 13.5. The molecule has 0 spiro atoms. The molecule has 6 N–H and O–H groups in total. The molecule has 1 fully saturated rings. The second kappa shape index (κ2) is 15.9. The number of halogens is 1. The fraction of sp³-hybridized carbons (Fsp3) is 0.457. The van der Waals surface area contributed by atoms with Crippen LogP contribution in [0.2, 0.25) is 0 Å². The summed E-state index contributed by atoms with van der Waals surface area (Å²) in [6.45, 7) is 11.8. The van der Waals surface area contributed by atoms with Crippen molar-refractivity contribution in [2.75, 3.05) is 55.8 Å². The topological polar surface area (TPSA) is 115 Å². The summed E-state index contributed by atoms with van der Waals surface area (Å²) < 4.78 is 11.7. The lowest BCUT2D eigenvalue weighted by Crippen LogP contribution is -2.49. The molecule has 1 aliphatic heterocycles. The highest BCUT2D eigenvalue weighted by Gasteiger charge is 2.37. The first-order chi connectivity index (χ1) is 20.7. The number of nitrogen functional groups attached to an aromatic ring is 1. The number of para-hydroxylation sites is 2. The average Bonchev–Trinajstić information content (AvgIpc) is 3.01. The van der Waals surface area contributed by atoms with Gasteiger partial charge >= 0.3 is 6.03 Å². The van der Waals surface area contributed by atoms with Crippen LogP contribution in [0.15, 0.2) is 60.7 Å². The van der Waals surface area contributed by atoms with Gasteiger partial charge in [-0.25, -0.2) is 4.79 Å². The van der Waals surface area contributed by atoms with E-state index in [-0.39, 0.29) is 35.7 Å². The van der Waals surface area contributed by atoms with Gasteiger partial charge in [-0.2, -0.15) is 0 Å². The molecule has 4 rings (SSSR count). The lowest BCUT2D eigenvalue weighted by atomic mass is 9.72. The predicted molar refractivity (Wildman–Crippen MR) is 185 cm³/mol. The van der Waals surface area contributed by atoms with Gasteiger partial charge in [-0.15, -0.1) is 12.4 Å². The third kappa shape index (κ3) is 8.30. The highest BCUT2D eigenvalue weighted by Crippen LogP contribution is 2.40. The van der Waals surface area contributed by atoms with Crippen molar-refractivity contribution in [3.8, 4) is 11.5 Å². The molecule has 9 heteroatoms. The number of carbonyl (C=O) groups is 1. The van der Waals surface area contributed by atoms with Gasteiger partial charge in [0.05, 0.1) is 19.4 Å². The normalized spacial score (nSPS) is 14.2. The molecule has 0 bridgehead atoms. The second-order valence-corrected chi connectivity index (χ2v) is 12.1. The van der Waals surface area contributed by atoms with Crippen molar-refractivity contribution in [1.82, 2.24) is 5.32 Å². The van der Waals surface area contributed by atoms with Gasteiger partial charge in [-0.3, -0.25) is 0 Å². The van der Waals surface area contributed by atoms with Gasteiger partial charge in [0.1, 0.15) is 11.5 Å². The predicted octanol–water partition coefficient (Wildman–Crippen LogP) is 7.03. The number of amides is 2. The monoisotopic (exact) mass is 623 g/mol. The zero-order valence-corrected chi connectivity index (χ0v) is 27.6. The van der Waals surface area contributed by atoms with Crippen molar-refractivity contribution in [1.29, 1.82) is 0 Å². The first kappa shape index (κ1) is 34.9. The number of piperidine rings is 1. The molecule has 2 amide bonds. The van der Waals surface area contributed by atoms with Crippen molar-refractivity contribution in [3.63, 3.8) is 0 Å². The molecule has 240 valence electrons. The summed E-state index contributed by atoms with van der Waals surface area (Å²) in [5.74, 6) is 2.12. The maximum Gasteiger partial charge on any atom is 0.319 e. The maximum atomic E-state index is 13.5. The zero-order chi connectivity index (χ0) is 31.0. The summed E-state index contributed by atoms with van der Waals surface area (Å²) in [6.07, 6.45) is 2.52. The van der Waals surface area contributed by atoms with Gasteiger partial charge in [0, 0.05) is 36.4 Å². The van der Waals surface area contributed by atoms with Crippen LogP contribution in [0.3, 0.4) is 0 Å². The number of methoxy groups -OCH3 is 1. The van der Waals surface area contributed by atoms with Gasteiger partial charge in [0.2, 0.25) is 0 Å². The summed E-state index contributed by atoms with van der Waals surface area (Å²) in [4.78, 5) is 15.9. The number of nitrogens with two attached hydrogens (primary N) is 2. The van der Waals surface area contributed by atoms with Gasteiger partial charge in [-0.1, -0.05) is 52.0 Å². The van der Waals surface area contributed by atoms with E-state index in [9.17, 15) is 4.79 Å². The zero-order valence-electron chi connectivity index (χ0n) is 26.8. The molecular weight excluding hydrogens is 574 g/mol. The number of anilines is 3. The summed E-state index contributed by atoms with van der Waals surface area (Å²) in [5, 5.41) is 6.45. The van der Waals surface area contributed by atoms with Gasteiger partial charge in [0.15, 0.2) is 0 Å². The molecule has 0 saturated carbocycles. The van der Waals surface area contributed by atoms with Crippen molar-refractivity contribution < 1.29 is 14.3 Å². The molecule has 0 atom stereocenters. The Hall–Kier alpha value is -3.62. The third-order valence-corrected chi connectivity index (χ3v) is 8.51. The molecule has 3 aromatic rings. The van der Waals surface area contributed by atoms with Crippen LogP contribution in [0, 0.1) is 0 Å². The van der Waals surface area contributed by atoms with Crippen LogP contribution in [0.4, 0.5) is 21.9 Å². The Morgan fingerprint density at radius 3 is 2.25 bits per heavy atom. The second-order valence-electron chi connectivity index (χ2n) is 12.1. The standard InChI is InChI=1S/C35H49N5O3.ClH/c1-24(2)29-21-27(37)22-30(25(3)4)33(29)39-34(41)38-23-35(26-10-8-11-28(20-26)42-5)14-17-40(18-15-35)31-12-6-7-13-32(31)43-19-9-16-36;/h6-8,10-13,20-22,24-25H,9,14-19,23,36-37H2,1-5H3,(H2,38,39,41);1H. The molecule has 1 saturated heterocycles. The minimum absolute atomic E-state index is 0. The Labute approximate surface area is 269 Å². The minimum Gasteiger partial charge on any atom is -0.497 e. The van der Waals surface area contributed by atoms with Crippen LogP contribution in [0.5, 0.6) is 11.5 Å². The smallest absolute Gasteiger partial charge is 0.319 e. The van der Waals surface area contributed by atoms with Crippen molar-refractivity contribution in [3.05, 3.63) is 77.4 Å². The number of carbonyl (C=O) groups excluding carboxylic acids is 1. The van der Waals surface area contributed by atoms with Gasteiger partial charge in [-0.05, 0) is 90.7 Å². The van der Waals surface area contributed by atoms with Crippen molar-refractivity contribution in [2.45, 2.75) is 64.2 Å². The Morgan fingerprint density at radius 2 is 1.64 bits per heavy atom. The summed E-state index contributed by atoms with van der Waals surface area (Å²) in [5.41, 5.74) is 17.6. The molecule has 44 heavy (non-hydrogen) atoms. The van der Waals surface area contributed by atoms with E-state index in [2.05, 4.69) is 67.5 Å². The van der Waals surface area contributed by atoms with E-state index >= 15 is 0 Å². The quantitative estimate of drug-likeness (QED) is 0.127. The van der Waals surface area contributed by atoms with E-state index in [1.165, 1.54) is 0 Å². The van der Waals surface area contributed by atoms with Crippen molar-refractivity contribution in [2.24, 2.45) is 5.73 Å². The highest BCUT2D eigenvalue weighted by atomic mass is 35.5. The van der Waals surface area contributed by atoms with E-state index in [4.69, 9.17) is 20.9 Å². The molecular formula is C35H50ClN5O3. The number of nitrogens with one attached hydrogen (secondary N) is 2. The molecule has 1 heterocycles. The lowest BCUT2D eigenvalue weighted by Gasteiger charge is -2.43. The number of hydrogen-bond acceptors (Lipinski definition) is 6. The van der Waals surface area contributed by atoms with Crippen LogP contribution in [0.1, 0.15) is 75.5 Å². The summed E-state index contributed by atoms with van der Waals surface area (Å²) in [7, 11) is 1.69. The van der Waals surface area contributed by atoms with E-state index in [1.807, 2.05) is 36.4 Å². The minimum atomic E-state index is -0.263. The first-order valence-electron chi connectivity index (χ1n) is 15.5. The molecule has 1 aliphatic rings. The van der Waals surface area contributed by atoms with Crippen LogP contribution >= 0.6 is 12.4 Å². The molecule has 0 radical (unpaired) electrons. The van der Waals surface area contributed by atoms with E-state index in [0.29, 0.717) is 25.4 Å².